The van der Waals surface area contributed by atoms with Crippen molar-refractivity contribution in [1.29, 1.82) is 0 Å². The summed E-state index contributed by atoms with van der Waals surface area (Å²) in [7, 11) is 1.59. The zero-order valence-corrected chi connectivity index (χ0v) is 16.1. The number of hydrogen-bond donors (Lipinski definition) is 2. The summed E-state index contributed by atoms with van der Waals surface area (Å²) in [5.41, 5.74) is 8.16. The summed E-state index contributed by atoms with van der Waals surface area (Å²) in [5.74, 6) is 1.07. The zero-order chi connectivity index (χ0) is 19.8. The van der Waals surface area contributed by atoms with Crippen LogP contribution in [-0.4, -0.2) is 27.8 Å². The van der Waals surface area contributed by atoms with Gasteiger partial charge in [0.2, 0.25) is 11.9 Å². The molecule has 2 heterocycles. The number of nitrogens with zero attached hydrogens (tertiary/aromatic N) is 3. The Morgan fingerprint density at radius 3 is 2.64 bits per heavy atom. The number of nitrogens with two attached hydrogens (primary N) is 1. The van der Waals surface area contributed by atoms with Gasteiger partial charge in [0.15, 0.2) is 5.82 Å². The highest BCUT2D eigenvalue weighted by Crippen LogP contribution is 2.39. The number of halogens is 1. The van der Waals surface area contributed by atoms with Gasteiger partial charge in [0.05, 0.1) is 18.2 Å². The van der Waals surface area contributed by atoms with E-state index in [-0.39, 0.29) is 0 Å². The second-order valence-corrected chi connectivity index (χ2v) is 6.76. The highest BCUT2D eigenvalue weighted by molar-refractivity contribution is 6.31. The van der Waals surface area contributed by atoms with E-state index >= 15 is 0 Å². The molecule has 1 aliphatic heterocycles. The van der Waals surface area contributed by atoms with E-state index in [0.29, 0.717) is 33.8 Å². The number of ether oxygens (including phenoxy) is 1. The van der Waals surface area contributed by atoms with Crippen LogP contribution in [0.2, 0.25) is 5.02 Å². The highest BCUT2D eigenvalue weighted by Gasteiger charge is 2.34. The number of fused-ring (bicyclic) bond motifs is 1. The molecular weight excluding hydrogens is 378 g/mol. The van der Waals surface area contributed by atoms with E-state index in [2.05, 4.69) is 15.4 Å². The van der Waals surface area contributed by atoms with Crippen LogP contribution in [0.5, 0.6) is 5.75 Å². The molecule has 3 N–H and O–H groups in total. The Balaban J connectivity index is 1.92. The van der Waals surface area contributed by atoms with Gasteiger partial charge in [-0.05, 0) is 25.1 Å². The molecule has 0 bridgehead atoms. The van der Waals surface area contributed by atoms with Crippen molar-refractivity contribution in [3.8, 4) is 17.1 Å². The van der Waals surface area contributed by atoms with Crippen molar-refractivity contribution in [2.45, 2.75) is 13.0 Å². The minimum absolute atomic E-state index is 0.386. The lowest BCUT2D eigenvalue weighted by Crippen LogP contribution is -2.32. The number of para-hydroxylation sites is 1. The Morgan fingerprint density at radius 1 is 1.21 bits per heavy atom. The molecule has 8 heteroatoms. The number of carbonyl (C=O) groups is 1. The monoisotopic (exact) mass is 395 g/mol. The van der Waals surface area contributed by atoms with Crippen LogP contribution < -0.4 is 15.8 Å². The summed E-state index contributed by atoms with van der Waals surface area (Å²) < 4.78 is 7.06. The minimum Gasteiger partial charge on any atom is -0.496 e. The molecule has 0 fully saturated rings. The molecule has 0 spiro atoms. The van der Waals surface area contributed by atoms with Crippen molar-refractivity contribution in [3.63, 3.8) is 0 Å². The average Bonchev–Trinajstić information content (AvgIpc) is 3.10. The summed E-state index contributed by atoms with van der Waals surface area (Å²) in [5, 5.41) is 8.30. The van der Waals surface area contributed by atoms with Gasteiger partial charge in [0.1, 0.15) is 11.8 Å². The number of allylic oxidation sites excluding steroid dienone is 1. The first kappa shape index (κ1) is 18.1. The molecule has 1 atom stereocenters. The van der Waals surface area contributed by atoms with E-state index in [4.69, 9.17) is 22.1 Å². The number of hydrogen-bond acceptors (Lipinski definition) is 5. The molecule has 0 radical (unpaired) electrons. The fourth-order valence-electron chi connectivity index (χ4n) is 3.40. The normalized spacial score (nSPS) is 15.8. The van der Waals surface area contributed by atoms with E-state index in [1.807, 2.05) is 42.5 Å². The molecule has 7 nitrogen and oxygen atoms in total. The molecule has 0 unspecified atom stereocenters. The van der Waals surface area contributed by atoms with Crippen LogP contribution in [0, 0.1) is 0 Å². The third kappa shape index (κ3) is 2.90. The van der Waals surface area contributed by atoms with Gasteiger partial charge in [-0.1, -0.05) is 41.9 Å². The predicted molar refractivity (Wildman–Crippen MR) is 107 cm³/mol. The van der Waals surface area contributed by atoms with Crippen molar-refractivity contribution < 1.29 is 9.53 Å². The zero-order valence-electron chi connectivity index (χ0n) is 15.3. The maximum Gasteiger partial charge on any atom is 0.248 e. The van der Waals surface area contributed by atoms with Crippen molar-refractivity contribution in [1.82, 2.24) is 14.8 Å². The van der Waals surface area contributed by atoms with Gasteiger partial charge in [-0.25, -0.2) is 4.68 Å². The summed E-state index contributed by atoms with van der Waals surface area (Å²) in [4.78, 5) is 16.9. The number of primary amides is 1. The molecule has 1 aromatic heterocycles. The second kappa shape index (κ2) is 7.01. The number of anilines is 1. The van der Waals surface area contributed by atoms with E-state index < -0.39 is 11.9 Å². The standard InChI is InChI=1S/C20H18ClN5O2/c1-11-16(18(22)27)17(12-7-3-5-9-14(12)21)26-20(23-11)24-19(25-26)13-8-4-6-10-15(13)28-2/h3-10,17H,1-2H3,(H2,22,27)(H,23,24,25)/t17-/m0/s1. The van der Waals surface area contributed by atoms with Crippen LogP contribution in [-0.2, 0) is 4.79 Å². The molecule has 4 rings (SSSR count). The van der Waals surface area contributed by atoms with Crippen molar-refractivity contribution in [2.24, 2.45) is 5.73 Å². The number of aromatic nitrogens is 3. The first-order valence-corrected chi connectivity index (χ1v) is 9.01. The van der Waals surface area contributed by atoms with Crippen molar-refractivity contribution >= 4 is 23.5 Å². The van der Waals surface area contributed by atoms with Gasteiger partial charge in [0.25, 0.3) is 0 Å². The fraction of sp³-hybridized carbons (Fsp3) is 0.150. The SMILES string of the molecule is COc1ccccc1-c1nc2n(n1)[C@@H](c1ccccc1Cl)C(C(N)=O)=C(C)N2. The Bertz CT molecular complexity index is 1110. The topological polar surface area (TPSA) is 95.1 Å². The van der Waals surface area contributed by atoms with Crippen LogP contribution in [0.1, 0.15) is 18.5 Å². The molecule has 1 aliphatic rings. The molecule has 0 saturated carbocycles. The maximum absolute atomic E-state index is 12.2. The quantitative estimate of drug-likeness (QED) is 0.706. The van der Waals surface area contributed by atoms with Crippen LogP contribution in [0.4, 0.5) is 5.95 Å². The van der Waals surface area contributed by atoms with E-state index in [0.717, 1.165) is 11.1 Å². The number of amides is 1. The predicted octanol–water partition coefficient (Wildman–Crippen LogP) is 3.38. The molecule has 1 amide bonds. The molecule has 28 heavy (non-hydrogen) atoms. The van der Waals surface area contributed by atoms with Gasteiger partial charge in [-0.3, -0.25) is 4.79 Å². The third-order valence-corrected chi connectivity index (χ3v) is 5.01. The van der Waals surface area contributed by atoms with Gasteiger partial charge in [-0.2, -0.15) is 4.98 Å². The summed E-state index contributed by atoms with van der Waals surface area (Å²) >= 11 is 6.44. The third-order valence-electron chi connectivity index (χ3n) is 4.67. The number of benzene rings is 2. The Kier molecular flexibility index (Phi) is 4.52. The van der Waals surface area contributed by atoms with Gasteiger partial charge in [-0.15, -0.1) is 5.10 Å². The van der Waals surface area contributed by atoms with Gasteiger partial charge >= 0.3 is 0 Å². The number of carbonyl (C=O) groups excluding carboxylic acids is 1. The minimum atomic E-state index is -0.585. The lowest BCUT2D eigenvalue weighted by molar-refractivity contribution is -0.115. The number of nitrogens with one attached hydrogen (secondary N) is 1. The Morgan fingerprint density at radius 2 is 1.93 bits per heavy atom. The lowest BCUT2D eigenvalue weighted by atomic mass is 9.95. The maximum atomic E-state index is 12.2. The molecule has 3 aromatic rings. The molecule has 0 saturated heterocycles. The lowest BCUT2D eigenvalue weighted by Gasteiger charge is -2.28. The van der Waals surface area contributed by atoms with Gasteiger partial charge < -0.3 is 15.8 Å². The van der Waals surface area contributed by atoms with Crippen LogP contribution >= 0.6 is 11.6 Å². The molecule has 142 valence electrons. The second-order valence-electron chi connectivity index (χ2n) is 6.36. The van der Waals surface area contributed by atoms with Crippen LogP contribution in [0.15, 0.2) is 59.8 Å². The van der Waals surface area contributed by atoms with E-state index in [1.54, 1.807) is 24.8 Å². The van der Waals surface area contributed by atoms with Gasteiger partial charge in [0, 0.05) is 16.3 Å². The van der Waals surface area contributed by atoms with Crippen molar-refractivity contribution in [2.75, 3.05) is 12.4 Å². The Labute approximate surface area is 166 Å². The van der Waals surface area contributed by atoms with E-state index in [1.165, 1.54) is 0 Å². The largest absolute Gasteiger partial charge is 0.496 e. The summed E-state index contributed by atoms with van der Waals surface area (Å²) in [6, 6.07) is 14.2. The van der Waals surface area contributed by atoms with Crippen molar-refractivity contribution in [3.05, 3.63) is 70.4 Å². The fourth-order valence-corrected chi connectivity index (χ4v) is 3.64. The number of methoxy groups -OCH3 is 1. The first-order valence-electron chi connectivity index (χ1n) is 8.63. The summed E-state index contributed by atoms with van der Waals surface area (Å²) in [6.45, 7) is 1.78. The van der Waals surface area contributed by atoms with E-state index in [9.17, 15) is 4.79 Å². The van der Waals surface area contributed by atoms with Crippen LogP contribution in [0.3, 0.4) is 0 Å². The molecular formula is C20H18ClN5O2. The smallest absolute Gasteiger partial charge is 0.248 e. The average molecular weight is 396 g/mol. The highest BCUT2D eigenvalue weighted by atomic mass is 35.5. The molecule has 2 aromatic carbocycles. The number of rotatable bonds is 4. The summed E-state index contributed by atoms with van der Waals surface area (Å²) in [6.07, 6.45) is 0. The first-order chi connectivity index (χ1) is 13.5. The molecule has 0 aliphatic carbocycles. The van der Waals surface area contributed by atoms with Crippen LogP contribution in [0.25, 0.3) is 11.4 Å². The Hall–Kier alpha value is -3.32.